The van der Waals surface area contributed by atoms with Crippen molar-refractivity contribution in [3.05, 3.63) is 84.4 Å². The number of benzene rings is 3. The van der Waals surface area contributed by atoms with Crippen molar-refractivity contribution < 1.29 is 23.1 Å². The number of hydrazone groups is 1. The number of carbonyl (C=O) groups excluding carboxylic acids is 1. The van der Waals surface area contributed by atoms with Crippen LogP contribution < -0.4 is 14.5 Å². The van der Waals surface area contributed by atoms with Crippen molar-refractivity contribution >= 4 is 27.8 Å². The van der Waals surface area contributed by atoms with Gasteiger partial charge in [-0.05, 0) is 48.5 Å². The molecule has 8 nitrogen and oxygen atoms in total. The topological polar surface area (TPSA) is 108 Å². The fourth-order valence-corrected chi connectivity index (χ4v) is 4.16. The minimum Gasteiger partial charge on any atom is -0.507 e. The van der Waals surface area contributed by atoms with Crippen LogP contribution in [0.15, 0.2) is 88.9 Å². The van der Waals surface area contributed by atoms with Crippen LogP contribution in [0.5, 0.6) is 11.5 Å². The molecule has 0 aliphatic carbocycles. The monoisotopic (exact) mass is 439 g/mol. The number of sulfonamides is 1. The average Bonchev–Trinajstić information content (AvgIpc) is 2.79. The van der Waals surface area contributed by atoms with E-state index in [1.54, 1.807) is 60.7 Å². The lowest BCUT2D eigenvalue weighted by Gasteiger charge is -2.23. The molecule has 1 amide bonds. The number of nitrogens with one attached hydrogen (secondary N) is 1. The van der Waals surface area contributed by atoms with Crippen LogP contribution in [0.3, 0.4) is 0 Å². The van der Waals surface area contributed by atoms with Crippen LogP contribution in [0.2, 0.25) is 0 Å². The largest absolute Gasteiger partial charge is 0.507 e. The van der Waals surface area contributed by atoms with E-state index in [1.165, 1.54) is 31.5 Å². The Morgan fingerprint density at radius 3 is 2.32 bits per heavy atom. The third-order valence-corrected chi connectivity index (χ3v) is 6.10. The van der Waals surface area contributed by atoms with Gasteiger partial charge in [-0.1, -0.05) is 30.3 Å². The van der Waals surface area contributed by atoms with E-state index in [4.69, 9.17) is 4.74 Å². The van der Waals surface area contributed by atoms with E-state index < -0.39 is 22.5 Å². The zero-order valence-electron chi connectivity index (χ0n) is 16.7. The van der Waals surface area contributed by atoms with Gasteiger partial charge in [0.05, 0.1) is 23.9 Å². The lowest BCUT2D eigenvalue weighted by molar-refractivity contribution is -0.119. The molecule has 0 aliphatic heterocycles. The normalized spacial score (nSPS) is 11.3. The molecular formula is C22H21N3O5S. The van der Waals surface area contributed by atoms with Crippen molar-refractivity contribution in [1.29, 1.82) is 0 Å². The Balaban J connectivity index is 1.84. The first kappa shape index (κ1) is 21.8. The first-order chi connectivity index (χ1) is 14.9. The molecule has 0 heterocycles. The van der Waals surface area contributed by atoms with Crippen molar-refractivity contribution in [2.45, 2.75) is 4.90 Å². The van der Waals surface area contributed by atoms with E-state index in [0.29, 0.717) is 17.0 Å². The van der Waals surface area contributed by atoms with Crippen molar-refractivity contribution in [2.24, 2.45) is 5.10 Å². The van der Waals surface area contributed by atoms with Gasteiger partial charge in [0.2, 0.25) is 0 Å². The molecule has 9 heteroatoms. The lowest BCUT2D eigenvalue weighted by Crippen LogP contribution is -2.39. The van der Waals surface area contributed by atoms with Gasteiger partial charge < -0.3 is 9.84 Å². The van der Waals surface area contributed by atoms with Crippen molar-refractivity contribution in [3.63, 3.8) is 0 Å². The summed E-state index contributed by atoms with van der Waals surface area (Å²) in [5.74, 6) is -0.0912. The highest BCUT2D eigenvalue weighted by molar-refractivity contribution is 7.92. The van der Waals surface area contributed by atoms with E-state index in [2.05, 4.69) is 10.5 Å². The Bertz CT molecular complexity index is 1160. The molecule has 0 saturated carbocycles. The molecular weight excluding hydrogens is 418 g/mol. The van der Waals surface area contributed by atoms with Crippen LogP contribution in [0.1, 0.15) is 5.56 Å². The Kier molecular flexibility index (Phi) is 6.88. The summed E-state index contributed by atoms with van der Waals surface area (Å²) >= 11 is 0. The smallest absolute Gasteiger partial charge is 0.264 e. The highest BCUT2D eigenvalue weighted by Gasteiger charge is 2.27. The summed E-state index contributed by atoms with van der Waals surface area (Å²) in [7, 11) is -2.51. The Morgan fingerprint density at radius 2 is 1.68 bits per heavy atom. The molecule has 2 N–H and O–H groups in total. The molecule has 3 rings (SSSR count). The minimum atomic E-state index is -4.01. The molecule has 3 aromatic rings. The Labute approximate surface area is 180 Å². The number of phenols is 1. The number of methoxy groups -OCH3 is 1. The van der Waals surface area contributed by atoms with Gasteiger partial charge in [0, 0.05) is 5.56 Å². The second kappa shape index (κ2) is 9.77. The number of hydrogen-bond acceptors (Lipinski definition) is 6. The average molecular weight is 439 g/mol. The molecule has 0 fully saturated rings. The molecule has 0 spiro atoms. The Hall–Kier alpha value is -3.85. The van der Waals surface area contributed by atoms with Gasteiger partial charge in [0.15, 0.2) is 0 Å². The molecule has 3 aromatic carbocycles. The van der Waals surface area contributed by atoms with Crippen LogP contribution in [0.25, 0.3) is 0 Å². The fourth-order valence-electron chi connectivity index (χ4n) is 2.72. The first-order valence-electron chi connectivity index (χ1n) is 9.23. The molecule has 0 saturated heterocycles. The molecule has 0 bridgehead atoms. The molecule has 0 aromatic heterocycles. The molecule has 0 aliphatic rings. The molecule has 160 valence electrons. The summed E-state index contributed by atoms with van der Waals surface area (Å²) in [4.78, 5) is 12.5. The van der Waals surface area contributed by atoms with E-state index in [0.717, 1.165) is 4.31 Å². The predicted molar refractivity (Wildman–Crippen MR) is 118 cm³/mol. The van der Waals surface area contributed by atoms with E-state index in [9.17, 15) is 18.3 Å². The SMILES string of the molecule is COc1ccc(N(CC(=O)N/N=C\c2ccccc2O)S(=O)(=O)c2ccccc2)cc1. The summed E-state index contributed by atoms with van der Waals surface area (Å²) in [5, 5.41) is 13.5. The minimum absolute atomic E-state index is 0.00649. The molecule has 31 heavy (non-hydrogen) atoms. The number of rotatable bonds is 8. The standard InChI is InChI=1S/C22H21N3O5S/c1-30-19-13-11-18(12-14-19)25(31(28,29)20-8-3-2-4-9-20)16-22(27)24-23-15-17-7-5-6-10-21(17)26/h2-15,26H,16H2,1H3,(H,24,27)/b23-15-. The number of amides is 1. The summed E-state index contributed by atoms with van der Waals surface area (Å²) in [5.41, 5.74) is 3.00. The van der Waals surface area contributed by atoms with Crippen molar-refractivity contribution in [2.75, 3.05) is 18.0 Å². The van der Waals surface area contributed by atoms with Crippen molar-refractivity contribution in [1.82, 2.24) is 5.43 Å². The molecule has 0 atom stereocenters. The number of carbonyl (C=O) groups is 1. The van der Waals surface area contributed by atoms with E-state index in [-0.39, 0.29) is 10.6 Å². The maximum Gasteiger partial charge on any atom is 0.264 e. The van der Waals surface area contributed by atoms with Crippen molar-refractivity contribution in [3.8, 4) is 11.5 Å². The summed E-state index contributed by atoms with van der Waals surface area (Å²) in [6.45, 7) is -0.498. The summed E-state index contributed by atoms with van der Waals surface area (Å²) < 4.78 is 32.5. The van der Waals surface area contributed by atoms with Crippen LogP contribution >= 0.6 is 0 Å². The lowest BCUT2D eigenvalue weighted by atomic mass is 10.2. The maximum absolute atomic E-state index is 13.2. The van der Waals surface area contributed by atoms with Gasteiger partial charge in [-0.15, -0.1) is 0 Å². The number of phenolic OH excluding ortho intramolecular Hbond substituents is 1. The van der Waals surface area contributed by atoms with Gasteiger partial charge in [-0.2, -0.15) is 5.10 Å². The number of anilines is 1. The number of para-hydroxylation sites is 1. The molecule has 0 unspecified atom stereocenters. The number of ether oxygens (including phenoxy) is 1. The summed E-state index contributed by atoms with van der Waals surface area (Å²) in [6.07, 6.45) is 1.27. The van der Waals surface area contributed by atoms with Gasteiger partial charge >= 0.3 is 0 Å². The van der Waals surface area contributed by atoms with Crippen LogP contribution in [0, 0.1) is 0 Å². The first-order valence-corrected chi connectivity index (χ1v) is 10.7. The second-order valence-electron chi connectivity index (χ2n) is 6.37. The zero-order chi connectivity index (χ0) is 22.3. The van der Waals surface area contributed by atoms with Crippen LogP contribution in [-0.4, -0.2) is 39.3 Å². The van der Waals surface area contributed by atoms with Crippen LogP contribution in [0.4, 0.5) is 5.69 Å². The molecule has 0 radical (unpaired) electrons. The van der Waals surface area contributed by atoms with Gasteiger partial charge in [-0.3, -0.25) is 9.10 Å². The third kappa shape index (κ3) is 5.40. The van der Waals surface area contributed by atoms with Crippen LogP contribution in [-0.2, 0) is 14.8 Å². The fraction of sp³-hybridized carbons (Fsp3) is 0.0909. The number of aromatic hydroxyl groups is 1. The van der Waals surface area contributed by atoms with E-state index in [1.807, 2.05) is 0 Å². The van der Waals surface area contributed by atoms with E-state index >= 15 is 0 Å². The second-order valence-corrected chi connectivity index (χ2v) is 8.24. The number of hydrogen-bond donors (Lipinski definition) is 2. The maximum atomic E-state index is 13.2. The highest BCUT2D eigenvalue weighted by atomic mass is 32.2. The summed E-state index contributed by atoms with van der Waals surface area (Å²) in [6, 6.07) is 20.6. The Morgan fingerprint density at radius 1 is 1.03 bits per heavy atom. The highest BCUT2D eigenvalue weighted by Crippen LogP contribution is 2.25. The third-order valence-electron chi connectivity index (χ3n) is 4.31. The predicted octanol–water partition coefficient (Wildman–Crippen LogP) is 2.75. The van der Waals surface area contributed by atoms with Gasteiger partial charge in [0.1, 0.15) is 18.0 Å². The van der Waals surface area contributed by atoms with Gasteiger partial charge in [-0.25, -0.2) is 13.8 Å². The number of nitrogens with zero attached hydrogens (tertiary/aromatic N) is 2. The quantitative estimate of drug-likeness (QED) is 0.414. The zero-order valence-corrected chi connectivity index (χ0v) is 17.5. The van der Waals surface area contributed by atoms with Gasteiger partial charge in [0.25, 0.3) is 15.9 Å².